The van der Waals surface area contributed by atoms with Gasteiger partial charge in [-0.25, -0.2) is 8.42 Å². The highest BCUT2D eigenvalue weighted by Gasteiger charge is 2.33. The van der Waals surface area contributed by atoms with Gasteiger partial charge in [0.25, 0.3) is 0 Å². The van der Waals surface area contributed by atoms with Crippen LogP contribution in [0.1, 0.15) is 30.1 Å². The van der Waals surface area contributed by atoms with Gasteiger partial charge in [-0.2, -0.15) is 4.31 Å². The third-order valence-corrected chi connectivity index (χ3v) is 5.16. The number of nitrogens with zero attached hydrogens (tertiary/aromatic N) is 1. The van der Waals surface area contributed by atoms with Crippen molar-refractivity contribution in [2.75, 3.05) is 13.1 Å². The van der Waals surface area contributed by atoms with Crippen molar-refractivity contribution in [3.63, 3.8) is 0 Å². The summed E-state index contributed by atoms with van der Waals surface area (Å²) in [5.74, 6) is -1.20. The van der Waals surface area contributed by atoms with Crippen molar-refractivity contribution in [1.29, 1.82) is 0 Å². The zero-order valence-electron chi connectivity index (χ0n) is 11.7. The number of Topliss-reactive ketones (excluding diaryl/α,β-unsaturated/α-hetero) is 1. The zero-order valence-corrected chi connectivity index (χ0v) is 12.5. The molecule has 0 heterocycles. The highest BCUT2D eigenvalue weighted by molar-refractivity contribution is 7.89. The van der Waals surface area contributed by atoms with Crippen LogP contribution >= 0.6 is 0 Å². The largest absolute Gasteiger partial charge is 0.480 e. The number of carbonyl (C=O) groups excluding carboxylic acids is 1. The van der Waals surface area contributed by atoms with Gasteiger partial charge in [0, 0.05) is 12.1 Å². The van der Waals surface area contributed by atoms with Crippen molar-refractivity contribution < 1.29 is 23.1 Å². The second kappa shape index (κ2) is 5.95. The van der Waals surface area contributed by atoms with Gasteiger partial charge in [-0.05, 0) is 37.8 Å². The average Bonchev–Trinajstić information content (AvgIpc) is 3.21. The molecule has 0 radical (unpaired) electrons. The van der Waals surface area contributed by atoms with Crippen LogP contribution in [-0.2, 0) is 14.8 Å². The molecule has 1 aromatic rings. The second-order valence-electron chi connectivity index (χ2n) is 5.22. The predicted octanol–water partition coefficient (Wildman–Crippen LogP) is 1.37. The maximum Gasteiger partial charge on any atom is 0.318 e. The van der Waals surface area contributed by atoms with Crippen molar-refractivity contribution in [3.05, 3.63) is 29.8 Å². The quantitative estimate of drug-likeness (QED) is 0.768. The number of sulfonamides is 1. The monoisotopic (exact) mass is 311 g/mol. The topological polar surface area (TPSA) is 91.8 Å². The molecule has 0 unspecified atom stereocenters. The highest BCUT2D eigenvalue weighted by Crippen LogP contribution is 2.31. The number of hydrogen-bond donors (Lipinski definition) is 1. The van der Waals surface area contributed by atoms with E-state index >= 15 is 0 Å². The highest BCUT2D eigenvalue weighted by atomic mass is 32.2. The lowest BCUT2D eigenvalue weighted by atomic mass is 10.2. The van der Waals surface area contributed by atoms with E-state index in [1.54, 1.807) is 0 Å². The molecular weight excluding hydrogens is 294 g/mol. The maximum absolute atomic E-state index is 12.6. The fourth-order valence-corrected chi connectivity index (χ4v) is 3.52. The Hall–Kier alpha value is -1.73. The Morgan fingerprint density at radius 3 is 2.52 bits per heavy atom. The molecule has 0 saturated heterocycles. The molecular formula is C14H17NO5S. The Balaban J connectivity index is 2.34. The van der Waals surface area contributed by atoms with Crippen molar-refractivity contribution in [1.82, 2.24) is 4.31 Å². The summed E-state index contributed by atoms with van der Waals surface area (Å²) >= 11 is 0. The molecule has 0 amide bonds. The second-order valence-corrected chi connectivity index (χ2v) is 7.16. The van der Waals surface area contributed by atoms with Crippen LogP contribution in [0.4, 0.5) is 0 Å². The van der Waals surface area contributed by atoms with Crippen molar-refractivity contribution in [3.8, 4) is 0 Å². The average molecular weight is 311 g/mol. The number of aliphatic carboxylic acids is 1. The molecule has 0 aromatic heterocycles. The summed E-state index contributed by atoms with van der Waals surface area (Å²) in [4.78, 5) is 22.2. The Morgan fingerprint density at radius 2 is 2.00 bits per heavy atom. The summed E-state index contributed by atoms with van der Waals surface area (Å²) < 4.78 is 26.1. The summed E-state index contributed by atoms with van der Waals surface area (Å²) in [7, 11) is -3.91. The molecule has 0 spiro atoms. The first-order chi connectivity index (χ1) is 9.80. The van der Waals surface area contributed by atoms with Gasteiger partial charge in [0.05, 0.1) is 4.90 Å². The molecule has 0 aliphatic heterocycles. The van der Waals surface area contributed by atoms with Gasteiger partial charge in [0.2, 0.25) is 10.0 Å². The minimum absolute atomic E-state index is 0.0444. The first kappa shape index (κ1) is 15.7. The lowest BCUT2D eigenvalue weighted by molar-refractivity contribution is -0.137. The number of carboxylic acids is 1. The Labute approximate surface area is 123 Å². The van der Waals surface area contributed by atoms with Crippen molar-refractivity contribution in [2.24, 2.45) is 5.92 Å². The van der Waals surface area contributed by atoms with E-state index in [4.69, 9.17) is 5.11 Å². The third-order valence-electron chi connectivity index (χ3n) is 3.35. The molecule has 114 valence electrons. The summed E-state index contributed by atoms with van der Waals surface area (Å²) in [6.07, 6.45) is 1.83. The first-order valence-electron chi connectivity index (χ1n) is 6.63. The van der Waals surface area contributed by atoms with Crippen LogP contribution in [0.3, 0.4) is 0 Å². The summed E-state index contributed by atoms with van der Waals surface area (Å²) in [6.45, 7) is 0.993. The SMILES string of the molecule is CC(=O)c1cccc(S(=O)(=O)N(CC(=O)O)CC2CC2)c1. The normalized spacial score (nSPS) is 15.1. The van der Waals surface area contributed by atoms with E-state index < -0.39 is 22.5 Å². The van der Waals surface area contributed by atoms with Gasteiger partial charge in [0.1, 0.15) is 6.54 Å². The van der Waals surface area contributed by atoms with Crippen LogP contribution < -0.4 is 0 Å². The standard InChI is InChI=1S/C14H17NO5S/c1-10(16)12-3-2-4-13(7-12)21(19,20)15(9-14(17)18)8-11-5-6-11/h2-4,7,11H,5-6,8-9H2,1H3,(H,17,18). The molecule has 6 nitrogen and oxygen atoms in total. The van der Waals surface area contributed by atoms with Crippen molar-refractivity contribution >= 4 is 21.8 Å². The number of ketones is 1. The van der Waals surface area contributed by atoms with E-state index in [-0.39, 0.29) is 28.7 Å². The lowest BCUT2D eigenvalue weighted by Gasteiger charge is -2.20. The summed E-state index contributed by atoms with van der Waals surface area (Å²) in [5.41, 5.74) is 0.290. The zero-order chi connectivity index (χ0) is 15.6. The molecule has 1 saturated carbocycles. The van der Waals surface area contributed by atoms with Crippen molar-refractivity contribution in [2.45, 2.75) is 24.7 Å². The van der Waals surface area contributed by atoms with E-state index in [9.17, 15) is 18.0 Å². The smallest absolute Gasteiger partial charge is 0.318 e. The van der Waals surface area contributed by atoms with Crippen LogP contribution in [0.15, 0.2) is 29.2 Å². The Kier molecular flexibility index (Phi) is 4.43. The molecule has 0 atom stereocenters. The first-order valence-corrected chi connectivity index (χ1v) is 8.07. The molecule has 1 N–H and O–H groups in total. The molecule has 0 bridgehead atoms. The van der Waals surface area contributed by atoms with Gasteiger partial charge in [-0.1, -0.05) is 12.1 Å². The van der Waals surface area contributed by atoms with Gasteiger partial charge >= 0.3 is 5.97 Å². The Morgan fingerprint density at radius 1 is 1.33 bits per heavy atom. The van der Waals surface area contributed by atoms with Crippen LogP contribution in [-0.4, -0.2) is 42.7 Å². The fourth-order valence-electron chi connectivity index (χ4n) is 2.01. The van der Waals surface area contributed by atoms with E-state index in [2.05, 4.69) is 0 Å². The van der Waals surface area contributed by atoms with E-state index in [0.29, 0.717) is 0 Å². The lowest BCUT2D eigenvalue weighted by Crippen LogP contribution is -2.37. The molecule has 1 aliphatic carbocycles. The molecule has 7 heteroatoms. The molecule has 1 fully saturated rings. The van der Waals surface area contributed by atoms with Gasteiger partial charge in [0.15, 0.2) is 5.78 Å². The predicted molar refractivity (Wildman–Crippen MR) is 75.6 cm³/mol. The third kappa shape index (κ3) is 3.89. The molecule has 1 aromatic carbocycles. The number of rotatable bonds is 7. The molecule has 1 aliphatic rings. The number of hydrogen-bond acceptors (Lipinski definition) is 4. The van der Waals surface area contributed by atoms with Gasteiger partial charge in [-0.15, -0.1) is 0 Å². The van der Waals surface area contributed by atoms with Gasteiger partial charge < -0.3 is 5.11 Å². The van der Waals surface area contributed by atoms with Crippen LogP contribution in [0.5, 0.6) is 0 Å². The molecule has 21 heavy (non-hydrogen) atoms. The van der Waals surface area contributed by atoms with E-state index in [1.165, 1.54) is 31.2 Å². The van der Waals surface area contributed by atoms with Crippen LogP contribution in [0.2, 0.25) is 0 Å². The van der Waals surface area contributed by atoms with E-state index in [0.717, 1.165) is 17.1 Å². The minimum atomic E-state index is -3.91. The maximum atomic E-state index is 12.6. The summed E-state index contributed by atoms with van der Waals surface area (Å²) in [6, 6.07) is 5.69. The van der Waals surface area contributed by atoms with Gasteiger partial charge in [-0.3, -0.25) is 9.59 Å². The number of benzene rings is 1. The number of carbonyl (C=O) groups is 2. The summed E-state index contributed by atoms with van der Waals surface area (Å²) in [5, 5.41) is 8.91. The Bertz CT molecular complexity index is 664. The van der Waals surface area contributed by atoms with Crippen LogP contribution in [0.25, 0.3) is 0 Å². The number of carboxylic acid groups (broad SMARTS) is 1. The van der Waals surface area contributed by atoms with Crippen LogP contribution in [0, 0.1) is 5.92 Å². The fraction of sp³-hybridized carbons (Fsp3) is 0.429. The van der Waals surface area contributed by atoms with E-state index in [1.807, 2.05) is 0 Å². The molecule has 2 rings (SSSR count). The minimum Gasteiger partial charge on any atom is -0.480 e.